The van der Waals surface area contributed by atoms with Crippen LogP contribution in [-0.4, -0.2) is 24.4 Å². The Labute approximate surface area is 122 Å². The molecule has 0 heterocycles. The topological polar surface area (TPSA) is 58.2 Å². The molecular formula is C14H19BrN2O2. The molecule has 1 unspecified atom stereocenters. The second-order valence-corrected chi connectivity index (χ2v) is 5.76. The molecule has 1 atom stereocenters. The van der Waals surface area contributed by atoms with Crippen LogP contribution in [0.25, 0.3) is 0 Å². The molecule has 0 aliphatic rings. The van der Waals surface area contributed by atoms with Crippen molar-refractivity contribution in [3.05, 3.63) is 34.3 Å². The summed E-state index contributed by atoms with van der Waals surface area (Å²) in [4.78, 5) is 23.7. The maximum absolute atomic E-state index is 11.9. The summed E-state index contributed by atoms with van der Waals surface area (Å²) in [5.41, 5.74) is 0.526. The second-order valence-electron chi connectivity index (χ2n) is 4.84. The molecule has 1 rings (SSSR count). The number of rotatable bonds is 5. The summed E-state index contributed by atoms with van der Waals surface area (Å²) >= 11 is 3.31. The van der Waals surface area contributed by atoms with E-state index in [0.29, 0.717) is 18.0 Å². The summed E-state index contributed by atoms with van der Waals surface area (Å²) < 4.78 is 0.831. The van der Waals surface area contributed by atoms with Gasteiger partial charge in [-0.25, -0.2) is 0 Å². The van der Waals surface area contributed by atoms with Crippen LogP contribution in [0.5, 0.6) is 0 Å². The summed E-state index contributed by atoms with van der Waals surface area (Å²) in [6.45, 7) is 6.32. The minimum atomic E-state index is -0.551. The Kier molecular flexibility index (Phi) is 6.02. The Bertz CT molecular complexity index is 461. The van der Waals surface area contributed by atoms with E-state index in [0.717, 1.165) is 4.47 Å². The Hall–Kier alpha value is -1.36. The van der Waals surface area contributed by atoms with Gasteiger partial charge in [0, 0.05) is 16.6 Å². The first kappa shape index (κ1) is 15.7. The van der Waals surface area contributed by atoms with Crippen molar-refractivity contribution in [2.45, 2.75) is 26.8 Å². The molecule has 0 spiro atoms. The standard InChI is InChI=1S/C14H19BrN2O2/c1-9(2)8-16-13(18)10(3)17-14(19)11-5-4-6-12(15)7-11/h4-7,9-10H,8H2,1-3H3,(H,16,18)(H,17,19). The molecule has 1 aromatic rings. The molecule has 0 saturated carbocycles. The van der Waals surface area contributed by atoms with Gasteiger partial charge < -0.3 is 10.6 Å². The predicted molar refractivity (Wildman–Crippen MR) is 78.9 cm³/mol. The van der Waals surface area contributed by atoms with E-state index in [1.807, 2.05) is 19.9 Å². The number of halogens is 1. The van der Waals surface area contributed by atoms with Gasteiger partial charge in [0.1, 0.15) is 6.04 Å². The first-order chi connectivity index (χ1) is 8.90. The first-order valence-corrected chi connectivity index (χ1v) is 7.03. The molecule has 2 amide bonds. The molecule has 19 heavy (non-hydrogen) atoms. The summed E-state index contributed by atoms with van der Waals surface area (Å²) in [6, 6.07) is 6.50. The van der Waals surface area contributed by atoms with Gasteiger partial charge in [0.15, 0.2) is 0 Å². The Balaban J connectivity index is 2.54. The summed E-state index contributed by atoms with van der Waals surface area (Å²) in [6.07, 6.45) is 0. The fraction of sp³-hybridized carbons (Fsp3) is 0.429. The highest BCUT2D eigenvalue weighted by atomic mass is 79.9. The zero-order chi connectivity index (χ0) is 14.4. The van der Waals surface area contributed by atoms with E-state index in [1.54, 1.807) is 25.1 Å². The van der Waals surface area contributed by atoms with Gasteiger partial charge in [0.25, 0.3) is 5.91 Å². The number of amides is 2. The molecule has 1 aromatic carbocycles. The van der Waals surface area contributed by atoms with Crippen LogP contribution in [0.1, 0.15) is 31.1 Å². The molecule has 0 saturated heterocycles. The zero-order valence-electron chi connectivity index (χ0n) is 11.4. The lowest BCUT2D eigenvalue weighted by Crippen LogP contribution is -2.45. The van der Waals surface area contributed by atoms with Gasteiger partial charge in [0.05, 0.1) is 0 Å². The van der Waals surface area contributed by atoms with Crippen LogP contribution in [0.15, 0.2) is 28.7 Å². The molecule has 0 aliphatic carbocycles. The summed E-state index contributed by atoms with van der Waals surface area (Å²) in [5, 5.41) is 5.46. The largest absolute Gasteiger partial charge is 0.354 e. The van der Waals surface area contributed by atoms with Crippen LogP contribution < -0.4 is 10.6 Å². The third kappa shape index (κ3) is 5.42. The van der Waals surface area contributed by atoms with Crippen LogP contribution in [-0.2, 0) is 4.79 Å². The molecular weight excluding hydrogens is 308 g/mol. The van der Waals surface area contributed by atoms with Crippen molar-refractivity contribution < 1.29 is 9.59 Å². The van der Waals surface area contributed by atoms with E-state index in [1.165, 1.54) is 0 Å². The molecule has 5 heteroatoms. The van der Waals surface area contributed by atoms with Gasteiger partial charge in [0.2, 0.25) is 5.91 Å². The fourth-order valence-corrected chi connectivity index (χ4v) is 1.83. The highest BCUT2D eigenvalue weighted by molar-refractivity contribution is 9.10. The van der Waals surface area contributed by atoms with Gasteiger partial charge in [-0.2, -0.15) is 0 Å². The van der Waals surface area contributed by atoms with Crippen molar-refractivity contribution in [2.75, 3.05) is 6.54 Å². The van der Waals surface area contributed by atoms with Crippen LogP contribution in [0.2, 0.25) is 0 Å². The number of carbonyl (C=O) groups excluding carboxylic acids is 2. The van der Waals surface area contributed by atoms with E-state index >= 15 is 0 Å². The molecule has 104 valence electrons. The van der Waals surface area contributed by atoms with E-state index in [9.17, 15) is 9.59 Å². The van der Waals surface area contributed by atoms with Gasteiger partial charge in [-0.1, -0.05) is 35.8 Å². The van der Waals surface area contributed by atoms with E-state index < -0.39 is 6.04 Å². The maximum atomic E-state index is 11.9. The van der Waals surface area contributed by atoms with Crippen LogP contribution in [0.4, 0.5) is 0 Å². The van der Waals surface area contributed by atoms with Gasteiger partial charge in [-0.3, -0.25) is 9.59 Å². The lowest BCUT2D eigenvalue weighted by Gasteiger charge is -2.15. The number of hydrogen-bond acceptors (Lipinski definition) is 2. The second kappa shape index (κ2) is 7.28. The van der Waals surface area contributed by atoms with Crippen LogP contribution >= 0.6 is 15.9 Å². The maximum Gasteiger partial charge on any atom is 0.251 e. The minimum absolute atomic E-state index is 0.169. The SMILES string of the molecule is CC(C)CNC(=O)C(C)NC(=O)c1cccc(Br)c1. The van der Waals surface area contributed by atoms with Crippen molar-refractivity contribution in [3.8, 4) is 0 Å². The molecule has 4 nitrogen and oxygen atoms in total. The zero-order valence-corrected chi connectivity index (χ0v) is 13.0. The van der Waals surface area contributed by atoms with Crippen LogP contribution in [0.3, 0.4) is 0 Å². The van der Waals surface area contributed by atoms with Crippen molar-refractivity contribution in [1.29, 1.82) is 0 Å². The predicted octanol–water partition coefficient (Wildman–Crippen LogP) is 2.34. The Morgan fingerprint density at radius 2 is 1.95 bits per heavy atom. The van der Waals surface area contributed by atoms with Gasteiger partial charge in [-0.15, -0.1) is 0 Å². The number of hydrogen-bond donors (Lipinski definition) is 2. The van der Waals surface area contributed by atoms with E-state index in [-0.39, 0.29) is 11.8 Å². The minimum Gasteiger partial charge on any atom is -0.354 e. The highest BCUT2D eigenvalue weighted by Gasteiger charge is 2.16. The third-order valence-electron chi connectivity index (χ3n) is 2.51. The third-order valence-corrected chi connectivity index (χ3v) is 3.01. The van der Waals surface area contributed by atoms with Crippen molar-refractivity contribution in [2.24, 2.45) is 5.92 Å². The lowest BCUT2D eigenvalue weighted by atomic mass is 10.2. The molecule has 0 radical (unpaired) electrons. The summed E-state index contributed by atoms with van der Waals surface area (Å²) in [5.74, 6) is -0.0394. The average molecular weight is 327 g/mol. The van der Waals surface area contributed by atoms with Gasteiger partial charge in [-0.05, 0) is 31.0 Å². The van der Waals surface area contributed by atoms with Gasteiger partial charge >= 0.3 is 0 Å². The van der Waals surface area contributed by atoms with E-state index in [2.05, 4.69) is 26.6 Å². The lowest BCUT2D eigenvalue weighted by molar-refractivity contribution is -0.122. The number of benzene rings is 1. The van der Waals surface area contributed by atoms with Crippen molar-refractivity contribution in [1.82, 2.24) is 10.6 Å². The van der Waals surface area contributed by atoms with Crippen LogP contribution in [0, 0.1) is 5.92 Å². The highest BCUT2D eigenvalue weighted by Crippen LogP contribution is 2.11. The molecule has 0 aliphatic heterocycles. The van der Waals surface area contributed by atoms with E-state index in [4.69, 9.17) is 0 Å². The average Bonchev–Trinajstić information content (AvgIpc) is 2.35. The normalized spacial score (nSPS) is 12.1. The quantitative estimate of drug-likeness (QED) is 0.872. The van der Waals surface area contributed by atoms with Crippen molar-refractivity contribution >= 4 is 27.7 Å². The summed E-state index contributed by atoms with van der Waals surface area (Å²) in [7, 11) is 0. The monoisotopic (exact) mass is 326 g/mol. The molecule has 0 fully saturated rings. The first-order valence-electron chi connectivity index (χ1n) is 6.24. The fourth-order valence-electron chi connectivity index (χ4n) is 1.43. The number of carbonyl (C=O) groups is 2. The molecule has 0 bridgehead atoms. The number of nitrogens with one attached hydrogen (secondary N) is 2. The Morgan fingerprint density at radius 1 is 1.26 bits per heavy atom. The molecule has 2 N–H and O–H groups in total. The smallest absolute Gasteiger partial charge is 0.251 e. The Morgan fingerprint density at radius 3 is 2.53 bits per heavy atom. The molecule has 0 aromatic heterocycles. The van der Waals surface area contributed by atoms with Crippen molar-refractivity contribution in [3.63, 3.8) is 0 Å².